The van der Waals surface area contributed by atoms with Crippen LogP contribution in [0.4, 0.5) is 9.52 Å². The molecule has 0 bridgehead atoms. The van der Waals surface area contributed by atoms with Gasteiger partial charge in [0.05, 0.1) is 28.4 Å². The number of anilines is 1. The van der Waals surface area contributed by atoms with Gasteiger partial charge in [0.1, 0.15) is 29.2 Å². The highest BCUT2D eigenvalue weighted by atomic mass is 32.1. The number of carbonyl (C=O) groups excluding carboxylic acids is 2. The number of ether oxygens (including phenoxy) is 2. The second-order valence-corrected chi connectivity index (χ2v) is 11.0. The summed E-state index contributed by atoms with van der Waals surface area (Å²) in [6, 6.07) is 15.6. The highest BCUT2D eigenvalue weighted by Crippen LogP contribution is 2.45. The number of thiazole rings is 1. The largest absolute Gasteiger partial charge is 0.507 e. The van der Waals surface area contributed by atoms with Crippen LogP contribution in [-0.2, 0) is 16.0 Å². The molecule has 9 heteroatoms. The molecule has 1 N–H and O–H groups in total. The van der Waals surface area contributed by atoms with Crippen molar-refractivity contribution in [2.45, 2.75) is 45.3 Å². The van der Waals surface area contributed by atoms with Crippen LogP contribution in [0.3, 0.4) is 0 Å². The monoisotopic (exact) mass is 558 g/mol. The van der Waals surface area contributed by atoms with Gasteiger partial charge in [-0.05, 0) is 73.0 Å². The Hall–Kier alpha value is -4.24. The number of benzene rings is 3. The maximum atomic E-state index is 13.9. The van der Waals surface area contributed by atoms with E-state index in [1.165, 1.54) is 23.1 Å². The average Bonchev–Trinajstić information content (AvgIpc) is 3.60. The van der Waals surface area contributed by atoms with Crippen molar-refractivity contribution >= 4 is 44.1 Å². The molecule has 1 aromatic heterocycles. The van der Waals surface area contributed by atoms with E-state index in [-0.39, 0.29) is 22.6 Å². The summed E-state index contributed by atoms with van der Waals surface area (Å²) >= 11 is 1.11. The predicted molar refractivity (Wildman–Crippen MR) is 151 cm³/mol. The van der Waals surface area contributed by atoms with E-state index in [0.717, 1.165) is 35.5 Å². The van der Waals surface area contributed by atoms with Crippen molar-refractivity contribution in [1.29, 1.82) is 0 Å². The van der Waals surface area contributed by atoms with Crippen molar-refractivity contribution in [2.24, 2.45) is 0 Å². The summed E-state index contributed by atoms with van der Waals surface area (Å²) in [6.07, 6.45) is 2.54. The second-order valence-electron chi connectivity index (χ2n) is 10.0. The normalized spacial score (nSPS) is 19.7. The van der Waals surface area contributed by atoms with Gasteiger partial charge >= 0.3 is 5.91 Å². The number of unbranched alkanes of at least 4 members (excludes halogenated alkanes) is 1. The second kappa shape index (κ2) is 10.4. The molecular formula is C31H27FN2O5S. The maximum Gasteiger partial charge on any atom is 0.301 e. The van der Waals surface area contributed by atoms with Crippen molar-refractivity contribution in [3.05, 3.63) is 88.7 Å². The summed E-state index contributed by atoms with van der Waals surface area (Å²) in [5.74, 6) is -1.02. The average molecular weight is 559 g/mol. The van der Waals surface area contributed by atoms with Crippen LogP contribution in [0.25, 0.3) is 16.0 Å². The summed E-state index contributed by atoms with van der Waals surface area (Å²) in [6.45, 7) is 4.56. The predicted octanol–water partition coefficient (Wildman–Crippen LogP) is 6.56. The molecule has 204 valence electrons. The third kappa shape index (κ3) is 4.60. The Balaban J connectivity index is 1.50. The molecule has 6 rings (SSSR count). The number of nitrogens with zero attached hydrogens (tertiary/aromatic N) is 2. The van der Waals surface area contributed by atoms with Crippen LogP contribution < -0.4 is 14.4 Å². The minimum absolute atomic E-state index is 0.0114. The van der Waals surface area contributed by atoms with Crippen molar-refractivity contribution in [2.75, 3.05) is 11.5 Å². The van der Waals surface area contributed by atoms with E-state index in [9.17, 15) is 19.1 Å². The minimum Gasteiger partial charge on any atom is -0.507 e. The van der Waals surface area contributed by atoms with Gasteiger partial charge in [-0.2, -0.15) is 0 Å². The summed E-state index contributed by atoms with van der Waals surface area (Å²) in [4.78, 5) is 33.0. The molecule has 0 unspecified atom stereocenters. The summed E-state index contributed by atoms with van der Waals surface area (Å²) in [7, 11) is 0. The Morgan fingerprint density at radius 1 is 1.18 bits per heavy atom. The van der Waals surface area contributed by atoms with Crippen LogP contribution in [0.15, 0.2) is 66.2 Å². The Kier molecular flexibility index (Phi) is 6.75. The topological polar surface area (TPSA) is 89.0 Å². The Bertz CT molecular complexity index is 1680. The van der Waals surface area contributed by atoms with E-state index in [2.05, 4.69) is 11.9 Å². The number of halogens is 1. The first-order valence-electron chi connectivity index (χ1n) is 13.2. The van der Waals surface area contributed by atoms with Gasteiger partial charge in [-0.3, -0.25) is 14.5 Å². The van der Waals surface area contributed by atoms with Gasteiger partial charge in [-0.15, -0.1) is 0 Å². The number of aliphatic hydroxyl groups is 1. The van der Waals surface area contributed by atoms with Gasteiger partial charge in [-0.1, -0.05) is 36.8 Å². The standard InChI is InChI=1S/C31H27FN2O5S/c1-3-4-12-38-22-7-5-6-18(15-22)27-26(28(35)19-8-11-24-20(14-19)13-17(2)39-24)29(36)30(37)34(27)31-33-23-10-9-21(32)16-25(23)40-31/h5-11,14-17,27,35H,3-4,12-13H2,1-2H3/t17-,27+/m1/s1. The number of hydrogen-bond acceptors (Lipinski definition) is 7. The third-order valence-electron chi connectivity index (χ3n) is 7.10. The Morgan fingerprint density at radius 3 is 2.85 bits per heavy atom. The third-order valence-corrected chi connectivity index (χ3v) is 8.12. The molecule has 2 aliphatic rings. The van der Waals surface area contributed by atoms with Crippen LogP contribution >= 0.6 is 11.3 Å². The van der Waals surface area contributed by atoms with Crippen molar-refractivity contribution in [1.82, 2.24) is 4.98 Å². The zero-order chi connectivity index (χ0) is 28.0. The molecule has 4 aromatic rings. The number of carbonyl (C=O) groups is 2. The molecule has 0 aliphatic carbocycles. The molecule has 2 atom stereocenters. The molecule has 1 amide bonds. The number of ketones is 1. The van der Waals surface area contributed by atoms with Crippen molar-refractivity contribution < 1.29 is 28.6 Å². The number of amides is 1. The summed E-state index contributed by atoms with van der Waals surface area (Å²) in [5, 5.41) is 11.8. The fraction of sp³-hybridized carbons (Fsp3) is 0.258. The quantitative estimate of drug-likeness (QED) is 0.120. The molecule has 40 heavy (non-hydrogen) atoms. The first kappa shape index (κ1) is 26.0. The lowest BCUT2D eigenvalue weighted by atomic mass is 9.94. The number of hydrogen-bond donors (Lipinski definition) is 1. The van der Waals surface area contributed by atoms with E-state index >= 15 is 0 Å². The lowest BCUT2D eigenvalue weighted by Crippen LogP contribution is -2.29. The van der Waals surface area contributed by atoms with E-state index < -0.39 is 23.5 Å². The first-order chi connectivity index (χ1) is 19.3. The molecule has 3 aromatic carbocycles. The van der Waals surface area contributed by atoms with Gasteiger partial charge in [0.25, 0.3) is 5.78 Å². The molecule has 7 nitrogen and oxygen atoms in total. The van der Waals surface area contributed by atoms with Crippen LogP contribution in [0, 0.1) is 5.82 Å². The van der Waals surface area contributed by atoms with E-state index in [1.807, 2.05) is 13.0 Å². The molecule has 1 saturated heterocycles. The summed E-state index contributed by atoms with van der Waals surface area (Å²) in [5.41, 5.74) is 2.38. The zero-order valence-electron chi connectivity index (χ0n) is 22.0. The number of aliphatic hydroxyl groups excluding tert-OH is 1. The van der Waals surface area contributed by atoms with Crippen LogP contribution in [0.2, 0.25) is 0 Å². The fourth-order valence-electron chi connectivity index (χ4n) is 5.17. The molecule has 0 saturated carbocycles. The molecular weight excluding hydrogens is 531 g/mol. The van der Waals surface area contributed by atoms with Gasteiger partial charge in [0.15, 0.2) is 5.13 Å². The molecule has 3 heterocycles. The van der Waals surface area contributed by atoms with Crippen molar-refractivity contribution in [3.8, 4) is 11.5 Å². The first-order valence-corrected chi connectivity index (χ1v) is 14.1. The van der Waals surface area contributed by atoms with Gasteiger partial charge in [-0.25, -0.2) is 9.37 Å². The number of rotatable bonds is 7. The highest BCUT2D eigenvalue weighted by molar-refractivity contribution is 7.22. The van der Waals surface area contributed by atoms with Crippen LogP contribution in [-0.4, -0.2) is 34.5 Å². The number of aromatic nitrogens is 1. The number of fused-ring (bicyclic) bond motifs is 2. The Labute approximate surface area is 234 Å². The van der Waals surface area contributed by atoms with E-state index in [1.54, 1.807) is 36.4 Å². The molecule has 0 spiro atoms. The lowest BCUT2D eigenvalue weighted by Gasteiger charge is -2.23. The molecule has 2 aliphatic heterocycles. The molecule has 0 radical (unpaired) electrons. The number of Topliss-reactive ketones (excluding diaryl/α,β-unsaturated/α-hetero) is 1. The van der Waals surface area contributed by atoms with Crippen molar-refractivity contribution in [3.63, 3.8) is 0 Å². The van der Waals surface area contributed by atoms with E-state index in [4.69, 9.17) is 9.47 Å². The maximum absolute atomic E-state index is 13.9. The van der Waals surface area contributed by atoms with Gasteiger partial charge in [0, 0.05) is 12.0 Å². The Morgan fingerprint density at radius 2 is 2.02 bits per heavy atom. The SMILES string of the molecule is CCCCOc1cccc([C@H]2C(=C(O)c3ccc4c(c3)C[C@@H](C)O4)C(=O)C(=O)N2c2nc3ccc(F)cc3s2)c1. The smallest absolute Gasteiger partial charge is 0.301 e. The fourth-order valence-corrected chi connectivity index (χ4v) is 6.19. The van der Waals surface area contributed by atoms with E-state index in [0.29, 0.717) is 40.1 Å². The minimum atomic E-state index is -0.969. The lowest BCUT2D eigenvalue weighted by molar-refractivity contribution is -0.132. The van der Waals surface area contributed by atoms with Crippen LogP contribution in [0.1, 0.15) is 49.4 Å². The van der Waals surface area contributed by atoms with Crippen LogP contribution in [0.5, 0.6) is 11.5 Å². The van der Waals surface area contributed by atoms with Gasteiger partial charge in [0.2, 0.25) is 0 Å². The summed E-state index contributed by atoms with van der Waals surface area (Å²) < 4.78 is 26.2. The highest BCUT2D eigenvalue weighted by Gasteiger charge is 2.48. The molecule has 1 fully saturated rings. The zero-order valence-corrected chi connectivity index (χ0v) is 22.8. The van der Waals surface area contributed by atoms with Gasteiger partial charge < -0.3 is 14.6 Å².